The highest BCUT2D eigenvalue weighted by Gasteiger charge is 2.21. The zero-order valence-electron chi connectivity index (χ0n) is 10.4. The van der Waals surface area contributed by atoms with Crippen LogP contribution in [0.3, 0.4) is 0 Å². The summed E-state index contributed by atoms with van der Waals surface area (Å²) in [5, 5.41) is 0. The number of amides is 1. The van der Waals surface area contributed by atoms with Crippen molar-refractivity contribution in [1.82, 2.24) is 4.90 Å². The van der Waals surface area contributed by atoms with Crippen LogP contribution >= 0.6 is 11.8 Å². The Kier molecular flexibility index (Phi) is 6.21. The molecule has 1 aliphatic rings. The SMILES string of the molecule is CC(N)CCCC(C)C(=O)N1CCSCC1. The predicted molar refractivity (Wildman–Crippen MR) is 70.6 cm³/mol. The molecule has 3 nitrogen and oxygen atoms in total. The first-order chi connectivity index (χ1) is 7.61. The maximum Gasteiger partial charge on any atom is 0.225 e. The molecule has 1 saturated heterocycles. The van der Waals surface area contributed by atoms with Crippen LogP contribution in [0.25, 0.3) is 0 Å². The summed E-state index contributed by atoms with van der Waals surface area (Å²) in [7, 11) is 0. The quantitative estimate of drug-likeness (QED) is 0.801. The summed E-state index contributed by atoms with van der Waals surface area (Å²) >= 11 is 1.94. The second-order valence-corrected chi connectivity index (χ2v) is 5.97. The van der Waals surface area contributed by atoms with E-state index in [2.05, 4.69) is 0 Å². The van der Waals surface area contributed by atoms with Gasteiger partial charge >= 0.3 is 0 Å². The van der Waals surface area contributed by atoms with Gasteiger partial charge in [-0.2, -0.15) is 11.8 Å². The molecule has 0 aromatic rings. The van der Waals surface area contributed by atoms with Gasteiger partial charge in [-0.1, -0.05) is 13.3 Å². The van der Waals surface area contributed by atoms with Gasteiger partial charge in [0.15, 0.2) is 0 Å². The standard InChI is InChI=1S/C12H24N2OS/c1-10(4-3-5-11(2)13)12(15)14-6-8-16-9-7-14/h10-11H,3-9,13H2,1-2H3. The molecule has 1 rings (SSSR count). The van der Waals surface area contributed by atoms with Crippen molar-refractivity contribution < 1.29 is 4.79 Å². The summed E-state index contributed by atoms with van der Waals surface area (Å²) in [6, 6.07) is 0.258. The van der Waals surface area contributed by atoms with Gasteiger partial charge in [0, 0.05) is 36.6 Å². The minimum Gasteiger partial charge on any atom is -0.341 e. The third-order valence-corrected chi connectivity index (χ3v) is 3.98. The Morgan fingerprint density at radius 1 is 1.31 bits per heavy atom. The maximum absolute atomic E-state index is 12.1. The number of carbonyl (C=O) groups excluding carboxylic acids is 1. The lowest BCUT2D eigenvalue weighted by Crippen LogP contribution is -2.40. The Labute approximate surface area is 103 Å². The number of thioether (sulfide) groups is 1. The van der Waals surface area contributed by atoms with Crippen molar-refractivity contribution in [2.45, 2.75) is 39.2 Å². The van der Waals surface area contributed by atoms with E-state index in [1.54, 1.807) is 0 Å². The van der Waals surface area contributed by atoms with E-state index in [4.69, 9.17) is 5.73 Å². The summed E-state index contributed by atoms with van der Waals surface area (Å²) in [4.78, 5) is 14.1. The molecule has 0 aliphatic carbocycles. The molecule has 16 heavy (non-hydrogen) atoms. The first-order valence-electron chi connectivity index (χ1n) is 6.23. The van der Waals surface area contributed by atoms with Crippen molar-refractivity contribution >= 4 is 17.7 Å². The molecule has 94 valence electrons. The van der Waals surface area contributed by atoms with Crippen LogP contribution in [0.15, 0.2) is 0 Å². The summed E-state index contributed by atoms with van der Waals surface area (Å²) in [5.74, 6) is 2.70. The lowest BCUT2D eigenvalue weighted by molar-refractivity contribution is -0.134. The molecule has 0 bridgehead atoms. The van der Waals surface area contributed by atoms with Crippen LogP contribution in [0, 0.1) is 5.92 Å². The van der Waals surface area contributed by atoms with E-state index in [1.165, 1.54) is 0 Å². The average molecular weight is 244 g/mol. The van der Waals surface area contributed by atoms with Crippen molar-refractivity contribution in [3.8, 4) is 0 Å². The molecular formula is C12H24N2OS. The molecule has 2 unspecified atom stereocenters. The fraction of sp³-hybridized carbons (Fsp3) is 0.917. The molecule has 2 atom stereocenters. The van der Waals surface area contributed by atoms with Gasteiger partial charge < -0.3 is 10.6 Å². The van der Waals surface area contributed by atoms with Crippen LogP contribution in [0.4, 0.5) is 0 Å². The molecule has 2 N–H and O–H groups in total. The van der Waals surface area contributed by atoms with Crippen LogP contribution in [0.5, 0.6) is 0 Å². The van der Waals surface area contributed by atoms with Crippen molar-refractivity contribution in [2.75, 3.05) is 24.6 Å². The summed E-state index contributed by atoms with van der Waals surface area (Å²) in [5.41, 5.74) is 5.70. The van der Waals surface area contributed by atoms with Gasteiger partial charge in [0.1, 0.15) is 0 Å². The van der Waals surface area contributed by atoms with Crippen molar-refractivity contribution in [1.29, 1.82) is 0 Å². The van der Waals surface area contributed by atoms with E-state index in [-0.39, 0.29) is 12.0 Å². The number of nitrogens with zero attached hydrogens (tertiary/aromatic N) is 1. The van der Waals surface area contributed by atoms with Crippen molar-refractivity contribution in [2.24, 2.45) is 11.7 Å². The van der Waals surface area contributed by atoms with Crippen LogP contribution in [0.1, 0.15) is 33.1 Å². The van der Waals surface area contributed by atoms with Gasteiger partial charge in [-0.25, -0.2) is 0 Å². The zero-order chi connectivity index (χ0) is 12.0. The zero-order valence-corrected chi connectivity index (χ0v) is 11.3. The Morgan fingerprint density at radius 2 is 1.94 bits per heavy atom. The Bertz CT molecular complexity index is 215. The summed E-state index contributed by atoms with van der Waals surface area (Å²) in [6.45, 7) is 5.93. The molecule has 0 radical (unpaired) electrons. The third-order valence-electron chi connectivity index (χ3n) is 3.04. The minimum atomic E-state index is 0.168. The first kappa shape index (κ1) is 13.8. The Morgan fingerprint density at radius 3 is 2.50 bits per heavy atom. The van der Waals surface area contributed by atoms with Crippen LogP contribution in [0.2, 0.25) is 0 Å². The molecule has 1 heterocycles. The number of hydrogen-bond acceptors (Lipinski definition) is 3. The fourth-order valence-electron chi connectivity index (χ4n) is 1.96. The van der Waals surface area contributed by atoms with Gasteiger partial charge in [0.2, 0.25) is 5.91 Å². The Hall–Kier alpha value is -0.220. The molecular weight excluding hydrogens is 220 g/mol. The molecule has 1 fully saturated rings. The summed E-state index contributed by atoms with van der Waals surface area (Å²) < 4.78 is 0. The number of hydrogen-bond donors (Lipinski definition) is 1. The molecule has 1 aliphatic heterocycles. The Balaban J connectivity index is 2.23. The first-order valence-corrected chi connectivity index (χ1v) is 7.39. The second kappa shape index (κ2) is 7.17. The highest BCUT2D eigenvalue weighted by Crippen LogP contribution is 2.16. The lowest BCUT2D eigenvalue weighted by atomic mass is 10.0. The van der Waals surface area contributed by atoms with E-state index in [0.717, 1.165) is 43.9 Å². The molecule has 0 saturated carbocycles. The molecule has 1 amide bonds. The predicted octanol–water partition coefficient (Wildman–Crippen LogP) is 1.72. The van der Waals surface area contributed by atoms with Gasteiger partial charge in [-0.05, 0) is 19.8 Å². The lowest BCUT2D eigenvalue weighted by Gasteiger charge is -2.29. The topological polar surface area (TPSA) is 46.3 Å². The van der Waals surface area contributed by atoms with Crippen LogP contribution in [-0.2, 0) is 4.79 Å². The molecule has 0 spiro atoms. The van der Waals surface area contributed by atoms with E-state index in [0.29, 0.717) is 5.91 Å². The van der Waals surface area contributed by atoms with Gasteiger partial charge in [0.25, 0.3) is 0 Å². The largest absolute Gasteiger partial charge is 0.341 e. The number of nitrogens with two attached hydrogens (primary N) is 1. The van der Waals surface area contributed by atoms with Crippen LogP contribution < -0.4 is 5.73 Å². The van der Waals surface area contributed by atoms with Crippen LogP contribution in [-0.4, -0.2) is 41.4 Å². The second-order valence-electron chi connectivity index (χ2n) is 4.75. The number of carbonyl (C=O) groups is 1. The van der Waals surface area contributed by atoms with Gasteiger partial charge in [-0.3, -0.25) is 4.79 Å². The monoisotopic (exact) mass is 244 g/mol. The maximum atomic E-state index is 12.1. The van der Waals surface area contributed by atoms with Gasteiger partial charge in [0.05, 0.1) is 0 Å². The van der Waals surface area contributed by atoms with E-state index < -0.39 is 0 Å². The molecule has 0 aromatic carbocycles. The fourth-order valence-corrected chi connectivity index (χ4v) is 2.87. The van der Waals surface area contributed by atoms with E-state index in [9.17, 15) is 4.79 Å². The molecule has 0 aromatic heterocycles. The smallest absolute Gasteiger partial charge is 0.225 e. The van der Waals surface area contributed by atoms with Crippen molar-refractivity contribution in [3.63, 3.8) is 0 Å². The van der Waals surface area contributed by atoms with E-state index >= 15 is 0 Å². The average Bonchev–Trinajstić information content (AvgIpc) is 2.28. The third kappa shape index (κ3) is 4.74. The number of rotatable bonds is 5. The van der Waals surface area contributed by atoms with Crippen molar-refractivity contribution in [3.05, 3.63) is 0 Å². The molecule has 4 heteroatoms. The highest BCUT2D eigenvalue weighted by molar-refractivity contribution is 7.99. The highest BCUT2D eigenvalue weighted by atomic mass is 32.2. The minimum absolute atomic E-state index is 0.168. The summed E-state index contributed by atoms with van der Waals surface area (Å²) in [6.07, 6.45) is 3.06. The normalized spacial score (nSPS) is 20.6. The van der Waals surface area contributed by atoms with Gasteiger partial charge in [-0.15, -0.1) is 0 Å². The van der Waals surface area contributed by atoms with E-state index in [1.807, 2.05) is 30.5 Å².